The van der Waals surface area contributed by atoms with Crippen molar-refractivity contribution in [2.45, 2.75) is 284 Å². The first-order valence-corrected chi connectivity index (χ1v) is 27.1. The standard InChI is InChI=1S/C57H102O6/c1-4-7-10-13-16-19-22-24-26-28-29-30-32-33-35-38-41-44-47-50-56(59)62-53-54(52-61-55(58)49-46-43-40-37-21-18-15-12-9-6-3)63-57(60)51-48-45-42-39-36-34-31-27-25-23-20-17-14-11-8-5-2/h12,15-16,19,24,26-27,31,54H,4-11,13-14,17-18,20-23,25,28-30,32-53H2,1-3H3/b15-12-,19-16-,26-24-,31-27-. The fraction of sp³-hybridized carbons (Fsp3) is 0.807. The summed E-state index contributed by atoms with van der Waals surface area (Å²) in [6.07, 6.45) is 62.4. The van der Waals surface area contributed by atoms with Gasteiger partial charge < -0.3 is 14.2 Å². The van der Waals surface area contributed by atoms with E-state index in [1.807, 2.05) is 0 Å². The van der Waals surface area contributed by atoms with Crippen molar-refractivity contribution < 1.29 is 28.6 Å². The number of carbonyl (C=O) groups is 3. The maximum absolute atomic E-state index is 12.8. The first-order chi connectivity index (χ1) is 31.0. The van der Waals surface area contributed by atoms with E-state index in [2.05, 4.69) is 69.4 Å². The van der Waals surface area contributed by atoms with Gasteiger partial charge in [-0.25, -0.2) is 0 Å². The summed E-state index contributed by atoms with van der Waals surface area (Å²) in [5.74, 6) is -0.896. The summed E-state index contributed by atoms with van der Waals surface area (Å²) in [4.78, 5) is 38.0. The number of ether oxygens (including phenoxy) is 3. The van der Waals surface area contributed by atoms with Crippen LogP contribution in [0.15, 0.2) is 48.6 Å². The van der Waals surface area contributed by atoms with Crippen molar-refractivity contribution in [3.63, 3.8) is 0 Å². The zero-order chi connectivity index (χ0) is 45.8. The maximum atomic E-state index is 12.8. The topological polar surface area (TPSA) is 78.9 Å². The van der Waals surface area contributed by atoms with Gasteiger partial charge in [-0.15, -0.1) is 0 Å². The molecule has 0 aliphatic carbocycles. The van der Waals surface area contributed by atoms with Gasteiger partial charge in [-0.05, 0) is 96.3 Å². The summed E-state index contributed by atoms with van der Waals surface area (Å²) in [5.41, 5.74) is 0. The van der Waals surface area contributed by atoms with E-state index >= 15 is 0 Å². The Bertz CT molecular complexity index is 1110. The summed E-state index contributed by atoms with van der Waals surface area (Å²) in [6.45, 7) is 6.55. The second-order valence-electron chi connectivity index (χ2n) is 18.1. The third-order valence-corrected chi connectivity index (χ3v) is 11.8. The lowest BCUT2D eigenvalue weighted by molar-refractivity contribution is -0.167. The molecule has 6 nitrogen and oxygen atoms in total. The summed E-state index contributed by atoms with van der Waals surface area (Å²) in [5, 5.41) is 0. The second kappa shape index (κ2) is 52.0. The molecule has 0 amide bonds. The van der Waals surface area contributed by atoms with Crippen LogP contribution >= 0.6 is 0 Å². The van der Waals surface area contributed by atoms with Crippen LogP contribution in [0.1, 0.15) is 278 Å². The Morgan fingerprint density at radius 1 is 0.317 bits per heavy atom. The number of unbranched alkanes of at least 4 members (excludes halogenated alkanes) is 30. The molecule has 0 heterocycles. The monoisotopic (exact) mass is 883 g/mol. The minimum absolute atomic E-state index is 0.0804. The molecule has 0 aromatic rings. The van der Waals surface area contributed by atoms with Crippen molar-refractivity contribution in [2.24, 2.45) is 0 Å². The van der Waals surface area contributed by atoms with Crippen LogP contribution < -0.4 is 0 Å². The van der Waals surface area contributed by atoms with Gasteiger partial charge in [0.25, 0.3) is 0 Å². The third-order valence-electron chi connectivity index (χ3n) is 11.8. The van der Waals surface area contributed by atoms with Gasteiger partial charge in [-0.1, -0.05) is 211 Å². The molecule has 0 aliphatic heterocycles. The molecule has 0 rings (SSSR count). The highest BCUT2D eigenvalue weighted by atomic mass is 16.6. The van der Waals surface area contributed by atoms with E-state index < -0.39 is 6.10 Å². The molecule has 0 saturated heterocycles. The number of rotatable bonds is 49. The van der Waals surface area contributed by atoms with Crippen molar-refractivity contribution in [3.8, 4) is 0 Å². The van der Waals surface area contributed by atoms with Crippen LogP contribution in [0.25, 0.3) is 0 Å². The molecule has 0 fully saturated rings. The zero-order valence-electron chi connectivity index (χ0n) is 41.8. The molecule has 0 aromatic heterocycles. The van der Waals surface area contributed by atoms with Crippen LogP contribution in [0.5, 0.6) is 0 Å². The fourth-order valence-electron chi connectivity index (χ4n) is 7.65. The van der Waals surface area contributed by atoms with Crippen LogP contribution in [0.3, 0.4) is 0 Å². The molecular formula is C57H102O6. The maximum Gasteiger partial charge on any atom is 0.306 e. The minimum atomic E-state index is -0.780. The van der Waals surface area contributed by atoms with Crippen molar-refractivity contribution >= 4 is 17.9 Å². The SMILES string of the molecule is CCC/C=C\CCCCCCCC(=O)OCC(COC(=O)CCCCCCCCCCC/C=C\C/C=C\CCCCC)OC(=O)CCCCCCC/C=C\CCCCCCCCC. The Balaban J connectivity index is 4.32. The van der Waals surface area contributed by atoms with Gasteiger partial charge in [0.1, 0.15) is 13.2 Å². The van der Waals surface area contributed by atoms with E-state index in [0.29, 0.717) is 19.3 Å². The average molecular weight is 883 g/mol. The molecule has 0 spiro atoms. The predicted molar refractivity (Wildman–Crippen MR) is 270 cm³/mol. The predicted octanol–water partition coefficient (Wildman–Crippen LogP) is 17.9. The van der Waals surface area contributed by atoms with Crippen LogP contribution in [-0.2, 0) is 28.6 Å². The van der Waals surface area contributed by atoms with Gasteiger partial charge in [0.05, 0.1) is 0 Å². The molecule has 0 N–H and O–H groups in total. The summed E-state index contributed by atoms with van der Waals surface area (Å²) >= 11 is 0. The van der Waals surface area contributed by atoms with Crippen LogP contribution in [0, 0.1) is 0 Å². The van der Waals surface area contributed by atoms with E-state index in [1.54, 1.807) is 0 Å². The van der Waals surface area contributed by atoms with Crippen LogP contribution in [0.4, 0.5) is 0 Å². The van der Waals surface area contributed by atoms with Gasteiger partial charge in [0.15, 0.2) is 6.10 Å². The highest BCUT2D eigenvalue weighted by molar-refractivity contribution is 5.71. The van der Waals surface area contributed by atoms with Crippen molar-refractivity contribution in [2.75, 3.05) is 13.2 Å². The van der Waals surface area contributed by atoms with Crippen molar-refractivity contribution in [1.29, 1.82) is 0 Å². The molecule has 1 unspecified atom stereocenters. The Morgan fingerprint density at radius 2 is 0.603 bits per heavy atom. The molecule has 0 radical (unpaired) electrons. The summed E-state index contributed by atoms with van der Waals surface area (Å²) in [7, 11) is 0. The Hall–Kier alpha value is -2.63. The third kappa shape index (κ3) is 50.2. The first-order valence-electron chi connectivity index (χ1n) is 27.1. The lowest BCUT2D eigenvalue weighted by Crippen LogP contribution is -2.30. The Morgan fingerprint density at radius 3 is 0.984 bits per heavy atom. The van der Waals surface area contributed by atoms with Gasteiger partial charge in [-0.2, -0.15) is 0 Å². The van der Waals surface area contributed by atoms with Crippen molar-refractivity contribution in [3.05, 3.63) is 48.6 Å². The average Bonchev–Trinajstić information content (AvgIpc) is 3.28. The van der Waals surface area contributed by atoms with E-state index in [1.165, 1.54) is 148 Å². The van der Waals surface area contributed by atoms with Gasteiger partial charge in [-0.3, -0.25) is 14.4 Å². The number of allylic oxidation sites excluding steroid dienone is 8. The zero-order valence-corrected chi connectivity index (χ0v) is 41.8. The molecule has 366 valence electrons. The van der Waals surface area contributed by atoms with E-state index in [0.717, 1.165) is 89.9 Å². The smallest absolute Gasteiger partial charge is 0.306 e. The lowest BCUT2D eigenvalue weighted by Gasteiger charge is -2.18. The first kappa shape index (κ1) is 60.4. The molecule has 0 aromatic carbocycles. The van der Waals surface area contributed by atoms with Crippen LogP contribution in [-0.4, -0.2) is 37.2 Å². The highest BCUT2D eigenvalue weighted by Gasteiger charge is 2.19. The molecule has 0 bridgehead atoms. The normalized spacial score (nSPS) is 12.4. The largest absolute Gasteiger partial charge is 0.462 e. The summed E-state index contributed by atoms with van der Waals surface area (Å²) < 4.78 is 16.8. The van der Waals surface area contributed by atoms with Gasteiger partial charge >= 0.3 is 17.9 Å². The molecule has 0 aliphatic rings. The van der Waals surface area contributed by atoms with Gasteiger partial charge in [0, 0.05) is 19.3 Å². The Labute approximate surface area is 390 Å². The van der Waals surface area contributed by atoms with Crippen LogP contribution in [0.2, 0.25) is 0 Å². The fourth-order valence-corrected chi connectivity index (χ4v) is 7.65. The lowest BCUT2D eigenvalue weighted by atomic mass is 10.1. The number of carbonyl (C=O) groups excluding carboxylic acids is 3. The highest BCUT2D eigenvalue weighted by Crippen LogP contribution is 2.15. The van der Waals surface area contributed by atoms with Crippen molar-refractivity contribution in [1.82, 2.24) is 0 Å². The number of hydrogen-bond acceptors (Lipinski definition) is 6. The molecular weight excluding hydrogens is 781 g/mol. The molecule has 6 heteroatoms. The Kier molecular flexibility index (Phi) is 49.8. The van der Waals surface area contributed by atoms with E-state index in [9.17, 15) is 14.4 Å². The molecule has 63 heavy (non-hydrogen) atoms. The quantitative estimate of drug-likeness (QED) is 0.0262. The van der Waals surface area contributed by atoms with E-state index in [4.69, 9.17) is 14.2 Å². The minimum Gasteiger partial charge on any atom is -0.462 e. The number of hydrogen-bond donors (Lipinski definition) is 0. The van der Waals surface area contributed by atoms with Gasteiger partial charge in [0.2, 0.25) is 0 Å². The van der Waals surface area contributed by atoms with E-state index in [-0.39, 0.29) is 31.1 Å². The number of esters is 3. The second-order valence-corrected chi connectivity index (χ2v) is 18.1. The molecule has 0 saturated carbocycles. The summed E-state index contributed by atoms with van der Waals surface area (Å²) in [6, 6.07) is 0. The molecule has 1 atom stereocenters.